The number of halogens is 1. The second kappa shape index (κ2) is 10.4. The summed E-state index contributed by atoms with van der Waals surface area (Å²) in [6.45, 7) is 7.87. The summed E-state index contributed by atoms with van der Waals surface area (Å²) in [5.74, 6) is 1.26. The Morgan fingerprint density at radius 1 is 1.32 bits per heavy atom. The van der Waals surface area contributed by atoms with Gasteiger partial charge in [-0.1, -0.05) is 6.07 Å². The average Bonchev–Trinajstić information content (AvgIpc) is 2.61. The lowest BCUT2D eigenvalue weighted by molar-refractivity contribution is -0.122. The van der Waals surface area contributed by atoms with E-state index >= 15 is 0 Å². The van der Waals surface area contributed by atoms with Crippen LogP contribution < -0.4 is 16.4 Å². The number of aromatic nitrogens is 1. The Morgan fingerprint density at radius 2 is 1.96 bits per heavy atom. The summed E-state index contributed by atoms with van der Waals surface area (Å²) in [4.78, 5) is 24.6. The number of carbonyl (C=O) groups excluding carboxylic acids is 1. The Kier molecular flexibility index (Phi) is 8.95. The number of carbonyl (C=O) groups is 1. The van der Waals surface area contributed by atoms with Crippen LogP contribution >= 0.6 is 24.0 Å². The number of nitrogens with zero attached hydrogens (tertiary/aromatic N) is 4. The van der Waals surface area contributed by atoms with E-state index in [2.05, 4.69) is 28.7 Å². The Hall–Kier alpha value is -1.58. The standard InChI is InChI=1S/C17H28N6O.HI/c1-3-22(4-2)17(19)21-12-14-6-5-9-20-16(14)23-10-7-13(8-11-23)15(18)24;/h5-6,9,13H,3-4,7-8,10-12H2,1-2H3,(H2,18,24)(H2,19,21);1H. The molecule has 0 aromatic carbocycles. The normalized spacial score (nSPS) is 15.6. The number of nitrogens with two attached hydrogens (primary N) is 2. The lowest BCUT2D eigenvalue weighted by Crippen LogP contribution is -2.39. The molecule has 0 unspecified atom stereocenters. The number of hydrogen-bond donors (Lipinski definition) is 2. The van der Waals surface area contributed by atoms with E-state index < -0.39 is 0 Å². The van der Waals surface area contributed by atoms with Crippen molar-refractivity contribution in [1.29, 1.82) is 0 Å². The van der Waals surface area contributed by atoms with Crippen LogP contribution in [0.5, 0.6) is 0 Å². The van der Waals surface area contributed by atoms with Gasteiger partial charge in [0, 0.05) is 43.9 Å². The van der Waals surface area contributed by atoms with E-state index in [1.54, 1.807) is 6.20 Å². The van der Waals surface area contributed by atoms with Crippen LogP contribution in [0, 0.1) is 5.92 Å². The van der Waals surface area contributed by atoms with Gasteiger partial charge in [-0.25, -0.2) is 9.98 Å². The molecule has 1 aliphatic rings. The molecule has 7 nitrogen and oxygen atoms in total. The van der Waals surface area contributed by atoms with E-state index in [0.717, 1.165) is 50.4 Å². The highest BCUT2D eigenvalue weighted by molar-refractivity contribution is 14.0. The maximum atomic E-state index is 11.3. The quantitative estimate of drug-likeness (QED) is 0.381. The monoisotopic (exact) mass is 460 g/mol. The second-order valence-corrected chi connectivity index (χ2v) is 6.00. The summed E-state index contributed by atoms with van der Waals surface area (Å²) in [5.41, 5.74) is 12.5. The topological polar surface area (TPSA) is 101 Å². The molecule has 0 bridgehead atoms. The summed E-state index contributed by atoms with van der Waals surface area (Å²) in [6.07, 6.45) is 3.34. The molecule has 2 rings (SSSR count). The molecule has 1 fully saturated rings. The van der Waals surface area contributed by atoms with Crippen LogP contribution in [0.1, 0.15) is 32.3 Å². The van der Waals surface area contributed by atoms with Crippen molar-refractivity contribution in [1.82, 2.24) is 9.88 Å². The molecule has 25 heavy (non-hydrogen) atoms. The highest BCUT2D eigenvalue weighted by Crippen LogP contribution is 2.24. The molecule has 1 amide bonds. The summed E-state index contributed by atoms with van der Waals surface area (Å²) < 4.78 is 0. The van der Waals surface area contributed by atoms with Gasteiger partial charge in [0.25, 0.3) is 0 Å². The lowest BCUT2D eigenvalue weighted by atomic mass is 9.96. The predicted octanol–water partition coefficient (Wildman–Crippen LogP) is 1.56. The minimum absolute atomic E-state index is 0. The van der Waals surface area contributed by atoms with Crippen molar-refractivity contribution < 1.29 is 4.79 Å². The van der Waals surface area contributed by atoms with Crippen LogP contribution in [0.4, 0.5) is 5.82 Å². The summed E-state index contributed by atoms with van der Waals surface area (Å²) >= 11 is 0. The van der Waals surface area contributed by atoms with Crippen LogP contribution in [-0.4, -0.2) is 47.9 Å². The van der Waals surface area contributed by atoms with Crippen molar-refractivity contribution in [3.63, 3.8) is 0 Å². The third-order valence-corrected chi connectivity index (χ3v) is 4.56. The van der Waals surface area contributed by atoms with Crippen molar-refractivity contribution in [2.24, 2.45) is 22.4 Å². The summed E-state index contributed by atoms with van der Waals surface area (Å²) in [7, 11) is 0. The van der Waals surface area contributed by atoms with Gasteiger partial charge >= 0.3 is 0 Å². The highest BCUT2D eigenvalue weighted by atomic mass is 127. The molecule has 140 valence electrons. The highest BCUT2D eigenvalue weighted by Gasteiger charge is 2.24. The number of piperidine rings is 1. The molecule has 0 spiro atoms. The van der Waals surface area contributed by atoms with Crippen molar-refractivity contribution in [2.75, 3.05) is 31.1 Å². The second-order valence-electron chi connectivity index (χ2n) is 6.00. The van der Waals surface area contributed by atoms with E-state index in [9.17, 15) is 4.79 Å². The van der Waals surface area contributed by atoms with Crippen molar-refractivity contribution in [3.05, 3.63) is 23.9 Å². The number of primary amides is 1. The molecule has 1 aromatic heterocycles. The SMILES string of the molecule is CCN(CC)C(N)=NCc1cccnc1N1CCC(C(N)=O)CC1.I. The van der Waals surface area contributed by atoms with Crippen molar-refractivity contribution in [3.8, 4) is 0 Å². The zero-order chi connectivity index (χ0) is 17.5. The molecule has 8 heteroatoms. The van der Waals surface area contributed by atoms with Gasteiger partial charge in [0.15, 0.2) is 5.96 Å². The number of rotatable bonds is 6. The smallest absolute Gasteiger partial charge is 0.220 e. The van der Waals surface area contributed by atoms with Crippen molar-refractivity contribution in [2.45, 2.75) is 33.2 Å². The van der Waals surface area contributed by atoms with Crippen LogP contribution in [0.2, 0.25) is 0 Å². The van der Waals surface area contributed by atoms with Crippen LogP contribution in [0.25, 0.3) is 0 Å². The maximum Gasteiger partial charge on any atom is 0.220 e. The minimum atomic E-state index is -0.201. The van der Waals surface area contributed by atoms with Gasteiger partial charge in [-0.05, 0) is 32.8 Å². The van der Waals surface area contributed by atoms with Crippen LogP contribution in [-0.2, 0) is 11.3 Å². The van der Waals surface area contributed by atoms with Gasteiger partial charge in [-0.15, -0.1) is 24.0 Å². The van der Waals surface area contributed by atoms with Crippen LogP contribution in [0.3, 0.4) is 0 Å². The van der Waals surface area contributed by atoms with E-state index in [0.29, 0.717) is 12.5 Å². The first-order valence-electron chi connectivity index (χ1n) is 8.59. The van der Waals surface area contributed by atoms with E-state index in [-0.39, 0.29) is 35.8 Å². The average molecular weight is 460 g/mol. The predicted molar refractivity (Wildman–Crippen MR) is 112 cm³/mol. The Morgan fingerprint density at radius 3 is 2.52 bits per heavy atom. The molecule has 0 atom stereocenters. The lowest BCUT2D eigenvalue weighted by Gasteiger charge is -2.32. The number of guanidine groups is 1. The molecular weight excluding hydrogens is 431 g/mol. The van der Waals surface area contributed by atoms with Gasteiger partial charge in [0.1, 0.15) is 5.82 Å². The zero-order valence-electron chi connectivity index (χ0n) is 15.0. The maximum absolute atomic E-state index is 11.3. The zero-order valence-corrected chi connectivity index (χ0v) is 17.3. The first-order valence-corrected chi connectivity index (χ1v) is 8.59. The van der Waals surface area contributed by atoms with Gasteiger partial charge < -0.3 is 21.3 Å². The van der Waals surface area contributed by atoms with Gasteiger partial charge in [0.2, 0.25) is 5.91 Å². The largest absolute Gasteiger partial charge is 0.370 e. The molecule has 2 heterocycles. The fourth-order valence-corrected chi connectivity index (χ4v) is 3.03. The van der Waals surface area contributed by atoms with Gasteiger partial charge in [-0.3, -0.25) is 4.79 Å². The molecule has 0 saturated carbocycles. The molecule has 1 aliphatic heterocycles. The number of aliphatic imine (C=N–C) groups is 1. The Balaban J connectivity index is 0.00000312. The number of hydrogen-bond acceptors (Lipinski definition) is 4. The Labute approximate surface area is 166 Å². The summed E-state index contributed by atoms with van der Waals surface area (Å²) in [6, 6.07) is 3.94. The van der Waals surface area contributed by atoms with Crippen molar-refractivity contribution >= 4 is 41.7 Å². The van der Waals surface area contributed by atoms with Crippen LogP contribution in [0.15, 0.2) is 23.3 Å². The van der Waals surface area contributed by atoms with E-state index in [1.165, 1.54) is 0 Å². The molecule has 1 saturated heterocycles. The summed E-state index contributed by atoms with van der Waals surface area (Å²) in [5, 5.41) is 0. The minimum Gasteiger partial charge on any atom is -0.370 e. The fraction of sp³-hybridized carbons (Fsp3) is 0.588. The third-order valence-electron chi connectivity index (χ3n) is 4.56. The molecule has 0 radical (unpaired) electrons. The third kappa shape index (κ3) is 5.72. The first kappa shape index (κ1) is 21.5. The fourth-order valence-electron chi connectivity index (χ4n) is 3.03. The number of anilines is 1. The molecule has 1 aromatic rings. The number of pyridine rings is 1. The van der Waals surface area contributed by atoms with E-state index in [4.69, 9.17) is 11.5 Å². The number of amides is 1. The first-order chi connectivity index (χ1) is 11.6. The van der Waals surface area contributed by atoms with Gasteiger partial charge in [0.05, 0.1) is 6.54 Å². The van der Waals surface area contributed by atoms with E-state index in [1.807, 2.05) is 17.0 Å². The van der Waals surface area contributed by atoms with Gasteiger partial charge in [-0.2, -0.15) is 0 Å². The molecular formula is C17H29IN6O. The molecule has 0 aliphatic carbocycles. The Bertz CT molecular complexity index is 582. The molecule has 4 N–H and O–H groups in total.